The first kappa shape index (κ1) is 22.3. The Morgan fingerprint density at radius 3 is 2.78 bits per heavy atom. The Morgan fingerprint density at radius 1 is 1.28 bits per heavy atom. The summed E-state index contributed by atoms with van der Waals surface area (Å²) in [6.07, 6.45) is 11.9. The molecule has 32 heavy (non-hydrogen) atoms. The van der Waals surface area contributed by atoms with Crippen LogP contribution < -0.4 is 5.73 Å². The number of carbonyl (C=O) groups is 2. The van der Waals surface area contributed by atoms with E-state index in [1.807, 2.05) is 28.9 Å². The number of carboxylic acid groups (broad SMARTS) is 1. The molecule has 1 amide bonds. The highest BCUT2D eigenvalue weighted by molar-refractivity contribution is 5.92. The Balaban J connectivity index is 0.000000775. The monoisotopic (exact) mass is 441 g/mol. The summed E-state index contributed by atoms with van der Waals surface area (Å²) in [5.74, 6) is 0.797. The lowest BCUT2D eigenvalue weighted by molar-refractivity contribution is -0.122. The molecule has 1 saturated carbocycles. The van der Waals surface area contributed by atoms with Crippen molar-refractivity contribution in [2.75, 3.05) is 13.1 Å². The number of aromatic nitrogens is 5. The van der Waals surface area contributed by atoms with Gasteiger partial charge >= 0.3 is 0 Å². The lowest BCUT2D eigenvalue weighted by Crippen LogP contribution is -2.48. The summed E-state index contributed by atoms with van der Waals surface area (Å²) < 4.78 is 1.88. The van der Waals surface area contributed by atoms with Gasteiger partial charge in [-0.15, -0.1) is 5.10 Å². The van der Waals surface area contributed by atoms with Crippen LogP contribution in [0.5, 0.6) is 0 Å². The highest BCUT2D eigenvalue weighted by Crippen LogP contribution is 2.44. The minimum Gasteiger partial charge on any atom is -0.483 e. The summed E-state index contributed by atoms with van der Waals surface area (Å²) in [5.41, 5.74) is 8.83. The molecular formula is C22H31N7O3. The molecule has 3 heterocycles. The van der Waals surface area contributed by atoms with E-state index in [4.69, 9.17) is 20.6 Å². The quantitative estimate of drug-likeness (QED) is 0.670. The van der Waals surface area contributed by atoms with Crippen LogP contribution in [0, 0.1) is 6.92 Å². The van der Waals surface area contributed by atoms with Gasteiger partial charge in [0.15, 0.2) is 5.69 Å². The van der Waals surface area contributed by atoms with Gasteiger partial charge in [-0.2, -0.15) is 0 Å². The van der Waals surface area contributed by atoms with E-state index in [-0.39, 0.29) is 17.8 Å². The fourth-order valence-corrected chi connectivity index (χ4v) is 5.41. The lowest BCUT2D eigenvalue weighted by atomic mass is 9.77. The van der Waals surface area contributed by atoms with Crippen molar-refractivity contribution in [3.8, 4) is 0 Å². The molecule has 3 N–H and O–H groups in total. The Bertz CT molecular complexity index is 966. The van der Waals surface area contributed by atoms with Gasteiger partial charge in [0, 0.05) is 30.7 Å². The molecule has 2 aromatic rings. The van der Waals surface area contributed by atoms with Crippen LogP contribution in [-0.4, -0.2) is 66.5 Å². The van der Waals surface area contributed by atoms with Gasteiger partial charge in [-0.1, -0.05) is 5.21 Å². The predicted octanol–water partition coefficient (Wildman–Crippen LogP) is 1.64. The zero-order valence-corrected chi connectivity index (χ0v) is 18.5. The Kier molecular flexibility index (Phi) is 6.50. The highest BCUT2D eigenvalue weighted by Gasteiger charge is 2.45. The van der Waals surface area contributed by atoms with Crippen molar-refractivity contribution in [1.29, 1.82) is 0 Å². The summed E-state index contributed by atoms with van der Waals surface area (Å²) >= 11 is 0. The molecule has 0 bridgehead atoms. The molecule has 3 aliphatic rings. The summed E-state index contributed by atoms with van der Waals surface area (Å²) in [6, 6.07) is 0.597. The number of rotatable bonds is 2. The van der Waals surface area contributed by atoms with Crippen molar-refractivity contribution in [1.82, 2.24) is 29.9 Å². The number of piperidine rings is 1. The number of fused-ring (bicyclic) bond motifs is 2. The van der Waals surface area contributed by atoms with E-state index in [0.717, 1.165) is 69.4 Å². The van der Waals surface area contributed by atoms with Crippen LogP contribution in [0.1, 0.15) is 78.6 Å². The minimum absolute atomic E-state index is 0.0120. The van der Waals surface area contributed by atoms with Gasteiger partial charge in [-0.3, -0.25) is 9.59 Å². The van der Waals surface area contributed by atoms with E-state index < -0.39 is 0 Å². The molecule has 2 aliphatic carbocycles. The number of likely N-dealkylation sites (tertiary alicyclic amines) is 1. The smallest absolute Gasteiger partial charge is 0.290 e. The third-order valence-electron chi connectivity index (χ3n) is 7.07. The average molecular weight is 442 g/mol. The third-order valence-corrected chi connectivity index (χ3v) is 7.07. The first-order chi connectivity index (χ1) is 15.5. The van der Waals surface area contributed by atoms with Crippen molar-refractivity contribution in [2.45, 2.75) is 75.8 Å². The van der Waals surface area contributed by atoms with E-state index in [2.05, 4.69) is 15.3 Å². The van der Waals surface area contributed by atoms with E-state index in [1.54, 1.807) is 0 Å². The highest BCUT2D eigenvalue weighted by atomic mass is 16.3. The molecule has 10 heteroatoms. The van der Waals surface area contributed by atoms with Crippen LogP contribution >= 0.6 is 0 Å². The fourth-order valence-electron chi connectivity index (χ4n) is 5.41. The van der Waals surface area contributed by atoms with Gasteiger partial charge < -0.3 is 15.7 Å². The third kappa shape index (κ3) is 4.36. The summed E-state index contributed by atoms with van der Waals surface area (Å²) in [6.45, 7) is 3.17. The molecule has 1 spiro atoms. The van der Waals surface area contributed by atoms with E-state index in [0.29, 0.717) is 24.3 Å². The number of aryl methyl sites for hydroxylation is 2. The molecule has 1 saturated heterocycles. The van der Waals surface area contributed by atoms with Crippen molar-refractivity contribution >= 4 is 12.4 Å². The minimum atomic E-state index is -0.250. The normalized spacial score (nSPS) is 26.9. The summed E-state index contributed by atoms with van der Waals surface area (Å²) in [5, 5.41) is 15.4. The van der Waals surface area contributed by atoms with Crippen LogP contribution in [0.4, 0.5) is 0 Å². The molecule has 1 aliphatic heterocycles. The Labute approximate surface area is 187 Å². The predicted molar refractivity (Wildman–Crippen MR) is 116 cm³/mol. The molecule has 2 aromatic heterocycles. The van der Waals surface area contributed by atoms with Crippen molar-refractivity contribution in [3.63, 3.8) is 0 Å². The zero-order chi connectivity index (χ0) is 22.7. The first-order valence-corrected chi connectivity index (χ1v) is 11.3. The van der Waals surface area contributed by atoms with Crippen LogP contribution in [0.3, 0.4) is 0 Å². The van der Waals surface area contributed by atoms with Gasteiger partial charge in [-0.05, 0) is 63.9 Å². The van der Waals surface area contributed by atoms with E-state index >= 15 is 0 Å². The van der Waals surface area contributed by atoms with E-state index in [9.17, 15) is 4.79 Å². The molecule has 2 fully saturated rings. The largest absolute Gasteiger partial charge is 0.483 e. The maximum atomic E-state index is 13.2. The molecule has 0 aromatic carbocycles. The molecule has 1 atom stereocenters. The molecule has 172 valence electrons. The van der Waals surface area contributed by atoms with Crippen molar-refractivity contribution < 1.29 is 14.7 Å². The number of amides is 1. The van der Waals surface area contributed by atoms with Gasteiger partial charge in [-0.25, -0.2) is 14.6 Å². The van der Waals surface area contributed by atoms with Crippen LogP contribution in [0.15, 0.2) is 12.4 Å². The average Bonchev–Trinajstić information content (AvgIpc) is 3.41. The van der Waals surface area contributed by atoms with Crippen LogP contribution in [0.2, 0.25) is 0 Å². The first-order valence-electron chi connectivity index (χ1n) is 11.3. The topological polar surface area (TPSA) is 140 Å². The maximum Gasteiger partial charge on any atom is 0.290 e. The number of hydrogen-bond donors (Lipinski definition) is 2. The molecule has 5 rings (SSSR count). The van der Waals surface area contributed by atoms with Gasteiger partial charge in [0.25, 0.3) is 12.4 Å². The maximum absolute atomic E-state index is 13.2. The van der Waals surface area contributed by atoms with Gasteiger partial charge in [0.2, 0.25) is 0 Å². The molecule has 10 nitrogen and oxygen atoms in total. The van der Waals surface area contributed by atoms with Gasteiger partial charge in [0.1, 0.15) is 5.82 Å². The Hall–Kier alpha value is -2.88. The number of nitrogens with zero attached hydrogens (tertiary/aromatic N) is 6. The van der Waals surface area contributed by atoms with Gasteiger partial charge in [0.05, 0.1) is 17.9 Å². The molecule has 1 unspecified atom stereocenters. The molecular weight excluding hydrogens is 410 g/mol. The zero-order valence-electron chi connectivity index (χ0n) is 18.5. The standard InChI is InChI=1S/C21H29N7O.CH2O2/c1-14-23-11-15-7-9-21(19(15)24-14)8-2-10-27(13-21)20(29)18-12-28(26-25-18)17-5-3-16(22)4-6-17;2-1-3/h11-12,16-17H,2-10,13,22H2,1H3;1H,(H,2,3). The van der Waals surface area contributed by atoms with Crippen LogP contribution in [-0.2, 0) is 16.6 Å². The summed E-state index contributed by atoms with van der Waals surface area (Å²) in [4.78, 5) is 32.7. The second kappa shape index (κ2) is 9.32. The molecule has 0 radical (unpaired) electrons. The Morgan fingerprint density at radius 2 is 2.03 bits per heavy atom. The van der Waals surface area contributed by atoms with E-state index in [1.165, 1.54) is 5.56 Å². The second-order valence-electron chi connectivity index (χ2n) is 9.16. The number of hydrogen-bond acceptors (Lipinski definition) is 7. The van der Waals surface area contributed by atoms with Crippen LogP contribution in [0.25, 0.3) is 0 Å². The number of carbonyl (C=O) groups excluding carboxylic acids is 1. The fraction of sp³-hybridized carbons (Fsp3) is 0.636. The second-order valence-corrected chi connectivity index (χ2v) is 9.16. The number of nitrogens with two attached hydrogens (primary N) is 1. The SMILES string of the molecule is Cc1ncc2c(n1)C1(CCCN(C(=O)c3cn(C4CCC(N)CC4)nn3)C1)CC2.O=CO. The lowest BCUT2D eigenvalue weighted by Gasteiger charge is -2.40. The van der Waals surface area contributed by atoms with Crippen molar-refractivity contribution in [2.24, 2.45) is 5.73 Å². The summed E-state index contributed by atoms with van der Waals surface area (Å²) in [7, 11) is 0. The van der Waals surface area contributed by atoms with Crippen molar-refractivity contribution in [3.05, 3.63) is 35.2 Å².